The van der Waals surface area contributed by atoms with Gasteiger partial charge in [-0.25, -0.2) is 0 Å². The van der Waals surface area contributed by atoms with E-state index in [2.05, 4.69) is 81.5 Å². The molecule has 0 radical (unpaired) electrons. The molecule has 30 heavy (non-hydrogen) atoms. The summed E-state index contributed by atoms with van der Waals surface area (Å²) in [6.45, 7) is 0. The first-order chi connectivity index (χ1) is 14.8. The summed E-state index contributed by atoms with van der Waals surface area (Å²) in [4.78, 5) is 4.52. The molecule has 0 fully saturated rings. The first kappa shape index (κ1) is 17.3. The fourth-order valence-electron chi connectivity index (χ4n) is 4.35. The minimum atomic E-state index is 0.692. The van der Waals surface area contributed by atoms with E-state index in [1.54, 1.807) is 0 Å². The quantitative estimate of drug-likeness (QED) is 0.341. The summed E-state index contributed by atoms with van der Waals surface area (Å²) < 4.78 is 2.20. The third-order valence-corrected chi connectivity index (χ3v) is 5.95. The molecule has 1 aliphatic carbocycles. The van der Waals surface area contributed by atoms with Crippen molar-refractivity contribution in [3.63, 3.8) is 0 Å². The second-order valence-electron chi connectivity index (χ2n) is 7.57. The van der Waals surface area contributed by atoms with E-state index in [0.717, 1.165) is 23.0 Å². The minimum Gasteiger partial charge on any atom is -0.297 e. The Kier molecular flexibility index (Phi) is 3.90. The second kappa shape index (κ2) is 6.75. The fraction of sp³-hybridized carbons (Fsp3) is 0.0385. The third-order valence-electron chi connectivity index (χ3n) is 5.71. The largest absolute Gasteiger partial charge is 0.297 e. The van der Waals surface area contributed by atoms with Crippen LogP contribution in [-0.2, 0) is 6.42 Å². The Morgan fingerprint density at radius 1 is 0.833 bits per heavy atom. The molecule has 4 heteroatoms. The highest BCUT2D eigenvalue weighted by Crippen LogP contribution is 2.40. The van der Waals surface area contributed by atoms with Gasteiger partial charge in [-0.2, -0.15) is 0 Å². The van der Waals surface area contributed by atoms with Gasteiger partial charge in [0.1, 0.15) is 0 Å². The highest BCUT2D eigenvalue weighted by molar-refractivity contribution is 6.31. The zero-order chi connectivity index (χ0) is 20.1. The molecule has 4 aromatic rings. The van der Waals surface area contributed by atoms with Crippen molar-refractivity contribution in [3.8, 4) is 16.9 Å². The van der Waals surface area contributed by atoms with Gasteiger partial charge in [0.2, 0.25) is 0 Å². The zero-order valence-corrected chi connectivity index (χ0v) is 16.9. The number of hydrogen-bond acceptors (Lipinski definition) is 1. The maximum Gasteiger partial charge on any atom is 0.0799 e. The van der Waals surface area contributed by atoms with Crippen LogP contribution in [0.1, 0.15) is 11.3 Å². The molecule has 0 amide bonds. The number of nitrogens with zero attached hydrogens (tertiary/aromatic N) is 2. The topological polar surface area (TPSA) is 33.6 Å². The predicted octanol–water partition coefficient (Wildman–Crippen LogP) is 6.86. The van der Waals surface area contributed by atoms with Gasteiger partial charge in [-0.15, -0.1) is 0 Å². The van der Waals surface area contributed by atoms with Crippen LogP contribution in [-0.4, -0.2) is 14.8 Å². The number of aromatic nitrogens is 3. The van der Waals surface area contributed by atoms with E-state index in [-0.39, 0.29) is 0 Å². The summed E-state index contributed by atoms with van der Waals surface area (Å²) in [6, 6.07) is 29.3. The normalized spacial score (nSPS) is 11.6. The zero-order valence-electron chi connectivity index (χ0n) is 16.1. The van der Waals surface area contributed by atoms with Crippen molar-refractivity contribution in [3.05, 3.63) is 107 Å². The van der Waals surface area contributed by atoms with Crippen LogP contribution in [0.2, 0.25) is 5.02 Å². The smallest absolute Gasteiger partial charge is 0.0799 e. The van der Waals surface area contributed by atoms with Crippen LogP contribution in [0.4, 0.5) is 0 Å². The SMILES string of the molecule is Clc1ccc2c(-n3[nH]c(Cc4ccccc4)c4cc5ccccc5c3-4)ccnc2c1. The van der Waals surface area contributed by atoms with Gasteiger partial charge in [-0.05, 0) is 41.3 Å². The Hall–Kier alpha value is -3.56. The lowest BCUT2D eigenvalue weighted by Gasteiger charge is -2.10. The summed E-state index contributed by atoms with van der Waals surface area (Å²) in [5.74, 6) is 0. The molecule has 3 nitrogen and oxygen atoms in total. The van der Waals surface area contributed by atoms with Crippen LogP contribution in [0, 0.1) is 0 Å². The van der Waals surface area contributed by atoms with Crippen molar-refractivity contribution in [1.29, 1.82) is 0 Å². The van der Waals surface area contributed by atoms with Crippen molar-refractivity contribution in [1.82, 2.24) is 14.8 Å². The van der Waals surface area contributed by atoms with E-state index < -0.39 is 0 Å². The van der Waals surface area contributed by atoms with Crippen molar-refractivity contribution in [2.24, 2.45) is 0 Å². The van der Waals surface area contributed by atoms with Gasteiger partial charge >= 0.3 is 0 Å². The molecule has 1 aromatic heterocycles. The molecule has 0 bridgehead atoms. The number of aromatic amines is 1. The lowest BCUT2D eigenvalue weighted by atomic mass is 10.1. The molecule has 0 saturated carbocycles. The van der Waals surface area contributed by atoms with E-state index in [0.29, 0.717) is 5.02 Å². The molecule has 0 spiro atoms. The Bertz CT molecular complexity index is 1480. The second-order valence-corrected chi connectivity index (χ2v) is 8.01. The predicted molar refractivity (Wildman–Crippen MR) is 124 cm³/mol. The highest BCUT2D eigenvalue weighted by atomic mass is 35.5. The van der Waals surface area contributed by atoms with Crippen LogP contribution >= 0.6 is 11.6 Å². The molecule has 0 saturated heterocycles. The molecule has 1 aliphatic heterocycles. The van der Waals surface area contributed by atoms with Gasteiger partial charge in [-0.1, -0.05) is 66.2 Å². The number of nitrogens with one attached hydrogen (secondary N) is 1. The number of halogens is 1. The van der Waals surface area contributed by atoms with Gasteiger partial charge in [0.25, 0.3) is 0 Å². The molecule has 144 valence electrons. The van der Waals surface area contributed by atoms with Crippen LogP contribution in [0.3, 0.4) is 0 Å². The van der Waals surface area contributed by atoms with Crippen LogP contribution in [0.5, 0.6) is 0 Å². The van der Waals surface area contributed by atoms with Crippen LogP contribution < -0.4 is 0 Å². The number of pyridine rings is 1. The molecule has 1 N–H and O–H groups in total. The maximum atomic E-state index is 6.21. The molecule has 0 unspecified atom stereocenters. The molecule has 0 atom stereocenters. The Morgan fingerprint density at radius 2 is 1.67 bits per heavy atom. The van der Waals surface area contributed by atoms with Gasteiger partial charge in [0, 0.05) is 39.7 Å². The van der Waals surface area contributed by atoms with Gasteiger partial charge in [0.15, 0.2) is 0 Å². The van der Waals surface area contributed by atoms with Crippen molar-refractivity contribution >= 4 is 33.3 Å². The molecule has 6 rings (SSSR count). The third kappa shape index (κ3) is 2.71. The molecule has 3 aromatic carbocycles. The summed E-state index contributed by atoms with van der Waals surface area (Å²) in [5.41, 5.74) is 6.88. The van der Waals surface area contributed by atoms with Crippen molar-refractivity contribution < 1.29 is 0 Å². The standard InChI is InChI=1S/C26H18ClN3/c27-19-10-11-21-23(16-19)28-13-12-25(21)30-26-20-9-5-4-8-18(20)15-22(26)24(29-30)14-17-6-2-1-3-7-17/h1-13,15-16,29H,14H2. The Balaban J connectivity index is 1.64. The average Bonchev–Trinajstić information content (AvgIpc) is 3.32. The average molecular weight is 408 g/mol. The summed E-state index contributed by atoms with van der Waals surface area (Å²) in [6.07, 6.45) is 2.69. The van der Waals surface area contributed by atoms with E-state index in [1.165, 1.54) is 33.3 Å². The molecule has 2 heterocycles. The highest BCUT2D eigenvalue weighted by Gasteiger charge is 2.22. The molecule has 2 aliphatic rings. The number of rotatable bonds is 3. The fourth-order valence-corrected chi connectivity index (χ4v) is 4.51. The lowest BCUT2D eigenvalue weighted by molar-refractivity contribution is 0.866. The number of fused-ring (bicyclic) bond motifs is 4. The summed E-state index contributed by atoms with van der Waals surface area (Å²) >= 11 is 6.21. The molecular formula is C26H18ClN3. The van der Waals surface area contributed by atoms with Crippen molar-refractivity contribution in [2.45, 2.75) is 6.42 Å². The monoisotopic (exact) mass is 407 g/mol. The number of benzene rings is 3. The van der Waals surface area contributed by atoms with E-state index in [4.69, 9.17) is 11.6 Å². The summed E-state index contributed by atoms with van der Waals surface area (Å²) in [7, 11) is 0. The number of H-pyrrole nitrogens is 1. The Morgan fingerprint density at radius 3 is 2.57 bits per heavy atom. The maximum absolute atomic E-state index is 6.21. The van der Waals surface area contributed by atoms with Gasteiger partial charge in [-0.3, -0.25) is 14.8 Å². The van der Waals surface area contributed by atoms with E-state index in [1.807, 2.05) is 24.4 Å². The number of hydrogen-bond donors (Lipinski definition) is 1. The lowest BCUT2D eigenvalue weighted by Crippen LogP contribution is -2.00. The van der Waals surface area contributed by atoms with Crippen LogP contribution in [0.15, 0.2) is 91.1 Å². The first-order valence-corrected chi connectivity index (χ1v) is 10.4. The molecular weight excluding hydrogens is 390 g/mol. The summed E-state index contributed by atoms with van der Waals surface area (Å²) in [5, 5.41) is 7.93. The minimum absolute atomic E-state index is 0.692. The van der Waals surface area contributed by atoms with Gasteiger partial charge in [0.05, 0.1) is 16.9 Å². The van der Waals surface area contributed by atoms with Crippen molar-refractivity contribution in [2.75, 3.05) is 0 Å². The Labute approximate surface area is 178 Å². The van der Waals surface area contributed by atoms with Gasteiger partial charge < -0.3 is 0 Å². The van der Waals surface area contributed by atoms with Crippen LogP contribution in [0.25, 0.3) is 38.6 Å². The first-order valence-electron chi connectivity index (χ1n) is 9.97. The van der Waals surface area contributed by atoms with E-state index in [9.17, 15) is 0 Å². The van der Waals surface area contributed by atoms with E-state index >= 15 is 0 Å².